The van der Waals surface area contributed by atoms with Crippen LogP contribution in [0.2, 0.25) is 0 Å². The summed E-state index contributed by atoms with van der Waals surface area (Å²) in [5.41, 5.74) is 3.03. The molecule has 2 aromatic carbocycles. The lowest BCUT2D eigenvalue weighted by Gasteiger charge is -2.32. The van der Waals surface area contributed by atoms with Crippen molar-refractivity contribution in [2.75, 3.05) is 5.32 Å². The van der Waals surface area contributed by atoms with E-state index in [1.807, 2.05) is 30.3 Å². The number of nitrogens with zero attached hydrogens (tertiary/aromatic N) is 1. The number of fused-ring (bicyclic) bond motifs is 1. The Balaban J connectivity index is 1.48. The summed E-state index contributed by atoms with van der Waals surface area (Å²) < 4.78 is 0. The quantitative estimate of drug-likeness (QED) is 0.822. The van der Waals surface area contributed by atoms with Gasteiger partial charge in [-0.2, -0.15) is 0 Å². The van der Waals surface area contributed by atoms with E-state index >= 15 is 0 Å². The van der Waals surface area contributed by atoms with Gasteiger partial charge in [0.25, 0.3) is 5.91 Å². The van der Waals surface area contributed by atoms with Crippen LogP contribution in [0.4, 0.5) is 5.69 Å². The zero-order chi connectivity index (χ0) is 20.4. The molecule has 2 aromatic rings. The Kier molecular flexibility index (Phi) is 5.16. The van der Waals surface area contributed by atoms with Crippen molar-refractivity contribution >= 4 is 29.5 Å². The summed E-state index contributed by atoms with van der Waals surface area (Å²) in [6.45, 7) is 1.49. The Labute approximate surface area is 169 Å². The summed E-state index contributed by atoms with van der Waals surface area (Å²) in [5.74, 6) is -0.462. The van der Waals surface area contributed by atoms with E-state index in [1.54, 1.807) is 35.4 Å². The number of amides is 3. The normalized spacial score (nSPS) is 17.4. The van der Waals surface area contributed by atoms with Crippen molar-refractivity contribution < 1.29 is 14.4 Å². The standard InChI is InChI=1S/C23H23N3O3/c1-15(27)26-12-11-16-5-2-3-8-20(16)21(26)14-22(28)24-19-7-4-6-17(13-19)23(29)25-18-9-10-18/h2-8,11-13,18,21H,9-10,14H2,1H3,(H,24,28)(H,25,29). The van der Waals surface area contributed by atoms with E-state index in [0.717, 1.165) is 24.0 Å². The fourth-order valence-corrected chi connectivity index (χ4v) is 3.54. The van der Waals surface area contributed by atoms with E-state index in [-0.39, 0.29) is 36.2 Å². The van der Waals surface area contributed by atoms with Crippen LogP contribution in [-0.4, -0.2) is 28.7 Å². The molecule has 3 amide bonds. The van der Waals surface area contributed by atoms with Crippen LogP contribution in [0, 0.1) is 0 Å². The molecule has 29 heavy (non-hydrogen) atoms. The van der Waals surface area contributed by atoms with Crippen LogP contribution in [-0.2, 0) is 9.59 Å². The van der Waals surface area contributed by atoms with Crippen LogP contribution in [0.1, 0.15) is 53.7 Å². The Hall–Kier alpha value is -3.41. The van der Waals surface area contributed by atoms with Gasteiger partial charge in [-0.3, -0.25) is 14.4 Å². The molecule has 2 N–H and O–H groups in total. The third kappa shape index (κ3) is 4.37. The van der Waals surface area contributed by atoms with Crippen molar-refractivity contribution in [1.82, 2.24) is 10.2 Å². The Bertz CT molecular complexity index is 994. The topological polar surface area (TPSA) is 78.5 Å². The van der Waals surface area contributed by atoms with Gasteiger partial charge >= 0.3 is 0 Å². The molecule has 1 heterocycles. The van der Waals surface area contributed by atoms with Crippen molar-refractivity contribution in [2.45, 2.75) is 38.3 Å². The van der Waals surface area contributed by atoms with Crippen LogP contribution >= 0.6 is 0 Å². The average Bonchev–Trinajstić information content (AvgIpc) is 3.52. The van der Waals surface area contributed by atoms with Crippen LogP contribution in [0.3, 0.4) is 0 Å². The first kappa shape index (κ1) is 18.9. The first-order valence-corrected chi connectivity index (χ1v) is 9.78. The highest BCUT2D eigenvalue weighted by Crippen LogP contribution is 2.33. The monoisotopic (exact) mass is 389 g/mol. The average molecular weight is 389 g/mol. The van der Waals surface area contributed by atoms with Gasteiger partial charge in [-0.25, -0.2) is 0 Å². The fraction of sp³-hybridized carbons (Fsp3) is 0.261. The molecule has 2 aliphatic rings. The predicted molar refractivity (Wildman–Crippen MR) is 111 cm³/mol. The molecule has 0 aromatic heterocycles. The summed E-state index contributed by atoms with van der Waals surface area (Å²) in [6.07, 6.45) is 5.77. The van der Waals surface area contributed by atoms with E-state index in [4.69, 9.17) is 0 Å². The number of hydrogen-bond acceptors (Lipinski definition) is 3. The van der Waals surface area contributed by atoms with Crippen molar-refractivity contribution in [3.05, 3.63) is 71.4 Å². The zero-order valence-corrected chi connectivity index (χ0v) is 16.2. The molecular formula is C23H23N3O3. The zero-order valence-electron chi connectivity index (χ0n) is 16.2. The molecule has 1 unspecified atom stereocenters. The van der Waals surface area contributed by atoms with Crippen LogP contribution in [0.15, 0.2) is 54.7 Å². The van der Waals surface area contributed by atoms with Gasteiger partial charge in [0.05, 0.1) is 12.5 Å². The number of carbonyl (C=O) groups excluding carboxylic acids is 3. The highest BCUT2D eigenvalue weighted by molar-refractivity contribution is 5.97. The lowest BCUT2D eigenvalue weighted by molar-refractivity contribution is -0.129. The predicted octanol–water partition coefficient (Wildman–Crippen LogP) is 3.48. The molecule has 0 bridgehead atoms. The molecule has 0 saturated heterocycles. The number of rotatable bonds is 5. The Morgan fingerprint density at radius 1 is 1.07 bits per heavy atom. The fourth-order valence-electron chi connectivity index (χ4n) is 3.54. The van der Waals surface area contributed by atoms with Gasteiger partial charge in [0, 0.05) is 30.4 Å². The molecule has 0 spiro atoms. The summed E-state index contributed by atoms with van der Waals surface area (Å²) in [4.78, 5) is 38.6. The molecule has 1 fully saturated rings. The van der Waals surface area contributed by atoms with Gasteiger partial charge in [-0.15, -0.1) is 0 Å². The van der Waals surface area contributed by atoms with Crippen molar-refractivity contribution in [1.29, 1.82) is 0 Å². The van der Waals surface area contributed by atoms with Gasteiger partial charge in [0.15, 0.2) is 0 Å². The maximum absolute atomic E-state index is 12.8. The molecule has 4 rings (SSSR count). The SMILES string of the molecule is CC(=O)N1C=Cc2ccccc2C1CC(=O)Nc1cccc(C(=O)NC2CC2)c1. The molecule has 1 atom stereocenters. The van der Waals surface area contributed by atoms with Gasteiger partial charge in [0.1, 0.15) is 0 Å². The Morgan fingerprint density at radius 2 is 1.86 bits per heavy atom. The number of hydrogen-bond donors (Lipinski definition) is 2. The lowest BCUT2D eigenvalue weighted by atomic mass is 9.93. The molecule has 6 heteroatoms. The van der Waals surface area contributed by atoms with Gasteiger partial charge in [0.2, 0.25) is 11.8 Å². The first-order valence-electron chi connectivity index (χ1n) is 9.78. The van der Waals surface area contributed by atoms with E-state index in [1.165, 1.54) is 6.92 Å². The van der Waals surface area contributed by atoms with Crippen molar-refractivity contribution in [3.63, 3.8) is 0 Å². The third-order valence-corrected chi connectivity index (χ3v) is 5.17. The second-order valence-electron chi connectivity index (χ2n) is 7.47. The molecular weight excluding hydrogens is 366 g/mol. The van der Waals surface area contributed by atoms with Gasteiger partial charge in [-0.05, 0) is 48.2 Å². The van der Waals surface area contributed by atoms with E-state index in [2.05, 4.69) is 10.6 Å². The maximum Gasteiger partial charge on any atom is 0.251 e. The van der Waals surface area contributed by atoms with E-state index < -0.39 is 0 Å². The van der Waals surface area contributed by atoms with Gasteiger partial charge in [-0.1, -0.05) is 30.3 Å². The number of nitrogens with one attached hydrogen (secondary N) is 2. The largest absolute Gasteiger partial charge is 0.349 e. The van der Waals surface area contributed by atoms with Crippen LogP contribution in [0.25, 0.3) is 6.08 Å². The lowest BCUT2D eigenvalue weighted by Crippen LogP contribution is -2.33. The Morgan fingerprint density at radius 3 is 2.62 bits per heavy atom. The molecule has 6 nitrogen and oxygen atoms in total. The number of carbonyl (C=O) groups is 3. The second kappa shape index (κ2) is 7.91. The molecule has 1 aliphatic carbocycles. The van der Waals surface area contributed by atoms with Gasteiger partial charge < -0.3 is 15.5 Å². The third-order valence-electron chi connectivity index (χ3n) is 5.17. The minimum Gasteiger partial charge on any atom is -0.349 e. The summed E-state index contributed by atoms with van der Waals surface area (Å²) >= 11 is 0. The highest BCUT2D eigenvalue weighted by atomic mass is 16.2. The number of benzene rings is 2. The van der Waals surface area contributed by atoms with Crippen molar-refractivity contribution in [2.24, 2.45) is 0 Å². The smallest absolute Gasteiger partial charge is 0.251 e. The molecule has 148 valence electrons. The maximum atomic E-state index is 12.8. The van der Waals surface area contributed by atoms with E-state index in [9.17, 15) is 14.4 Å². The molecule has 0 radical (unpaired) electrons. The molecule has 1 saturated carbocycles. The van der Waals surface area contributed by atoms with E-state index in [0.29, 0.717) is 11.3 Å². The number of anilines is 1. The van der Waals surface area contributed by atoms with Crippen LogP contribution < -0.4 is 10.6 Å². The molecule has 1 aliphatic heterocycles. The highest BCUT2D eigenvalue weighted by Gasteiger charge is 2.28. The van der Waals surface area contributed by atoms with Crippen LogP contribution in [0.5, 0.6) is 0 Å². The van der Waals surface area contributed by atoms with Crippen molar-refractivity contribution in [3.8, 4) is 0 Å². The summed E-state index contributed by atoms with van der Waals surface area (Å²) in [5, 5.41) is 5.80. The first-order chi connectivity index (χ1) is 14.0. The summed E-state index contributed by atoms with van der Waals surface area (Å²) in [7, 11) is 0. The summed E-state index contributed by atoms with van der Waals surface area (Å²) in [6, 6.07) is 14.6. The minimum absolute atomic E-state index is 0.118. The second-order valence-corrected chi connectivity index (χ2v) is 7.47. The minimum atomic E-state index is -0.366.